The van der Waals surface area contributed by atoms with E-state index in [2.05, 4.69) is 5.32 Å². The summed E-state index contributed by atoms with van der Waals surface area (Å²) in [6.07, 6.45) is -4.93. The number of carbonyl (C=O) groups excluding carboxylic acids is 1. The summed E-state index contributed by atoms with van der Waals surface area (Å²) in [5.74, 6) is -2.54. The molecule has 0 spiro atoms. The van der Waals surface area contributed by atoms with Crippen LogP contribution < -0.4 is 10.1 Å². The van der Waals surface area contributed by atoms with Gasteiger partial charge in [0, 0.05) is 17.2 Å². The average Bonchev–Trinajstić information content (AvgIpc) is 3.17. The van der Waals surface area contributed by atoms with Crippen molar-refractivity contribution in [2.24, 2.45) is 0 Å². The molecule has 1 saturated carbocycles. The van der Waals surface area contributed by atoms with Gasteiger partial charge < -0.3 is 34.8 Å². The number of fused-ring (bicyclic) bond motifs is 1. The second-order valence-electron chi connectivity index (χ2n) is 6.92. The van der Waals surface area contributed by atoms with Crippen molar-refractivity contribution in [3.05, 3.63) is 34.9 Å². The fourth-order valence-electron chi connectivity index (χ4n) is 3.44. The lowest BCUT2D eigenvalue weighted by Crippen LogP contribution is -2.67. The first-order valence-electron chi connectivity index (χ1n) is 9.13. The van der Waals surface area contributed by atoms with E-state index in [-0.39, 0.29) is 30.3 Å². The molecule has 3 rings (SSSR count). The van der Waals surface area contributed by atoms with Crippen LogP contribution in [0.15, 0.2) is 17.7 Å². The smallest absolute Gasteiger partial charge is 0.247 e. The molecule has 0 radical (unpaired) electrons. The SMILES string of the molecule is CCOc1cc(F)c(/C=C(\C)C(=O)N[C@@H]2[C@H](O)[C@@H](O)[C@H]3OCO[C@H]3[C@@H]2O)cc1F. The van der Waals surface area contributed by atoms with Crippen molar-refractivity contribution in [1.82, 2.24) is 5.32 Å². The maximum absolute atomic E-state index is 14.2. The second kappa shape index (κ2) is 8.72. The van der Waals surface area contributed by atoms with Gasteiger partial charge in [-0.2, -0.15) is 0 Å². The lowest BCUT2D eigenvalue weighted by Gasteiger charge is -2.41. The van der Waals surface area contributed by atoms with E-state index in [1.807, 2.05) is 0 Å². The van der Waals surface area contributed by atoms with Gasteiger partial charge in [-0.3, -0.25) is 4.79 Å². The summed E-state index contributed by atoms with van der Waals surface area (Å²) in [5.41, 5.74) is -0.178. The Hall–Kier alpha value is -2.11. The predicted octanol–water partition coefficient (Wildman–Crippen LogP) is 0.0894. The third kappa shape index (κ3) is 4.26. The first-order valence-corrected chi connectivity index (χ1v) is 9.13. The molecule has 6 atom stereocenters. The minimum atomic E-state index is -1.51. The molecule has 0 unspecified atom stereocenters. The monoisotopic (exact) mass is 415 g/mol. The van der Waals surface area contributed by atoms with Crippen LogP contribution in [0.4, 0.5) is 8.78 Å². The van der Waals surface area contributed by atoms with Crippen molar-refractivity contribution < 1.29 is 43.1 Å². The number of amides is 1. The van der Waals surface area contributed by atoms with Crippen molar-refractivity contribution >= 4 is 12.0 Å². The van der Waals surface area contributed by atoms with E-state index in [9.17, 15) is 28.9 Å². The molecule has 1 amide bonds. The second-order valence-corrected chi connectivity index (χ2v) is 6.92. The van der Waals surface area contributed by atoms with Crippen molar-refractivity contribution in [3.8, 4) is 5.75 Å². The molecular weight excluding hydrogens is 392 g/mol. The zero-order valence-corrected chi connectivity index (χ0v) is 15.8. The van der Waals surface area contributed by atoms with Crippen molar-refractivity contribution in [1.29, 1.82) is 0 Å². The topological polar surface area (TPSA) is 117 Å². The Morgan fingerprint density at radius 2 is 1.83 bits per heavy atom. The molecule has 1 aliphatic heterocycles. The quantitative estimate of drug-likeness (QED) is 0.504. The van der Waals surface area contributed by atoms with Crippen LogP contribution >= 0.6 is 0 Å². The van der Waals surface area contributed by atoms with Crippen LogP contribution in [0.2, 0.25) is 0 Å². The number of hydrogen-bond donors (Lipinski definition) is 4. The van der Waals surface area contributed by atoms with Crippen LogP contribution in [0, 0.1) is 11.6 Å². The van der Waals surface area contributed by atoms with E-state index in [0.29, 0.717) is 0 Å². The van der Waals surface area contributed by atoms with E-state index in [1.54, 1.807) is 6.92 Å². The predicted molar refractivity (Wildman–Crippen MR) is 95.7 cm³/mol. The summed E-state index contributed by atoms with van der Waals surface area (Å²) in [5, 5.41) is 33.1. The number of halogens is 2. The molecule has 1 aromatic carbocycles. The maximum atomic E-state index is 14.2. The van der Waals surface area contributed by atoms with Crippen LogP contribution in [0.25, 0.3) is 6.08 Å². The number of carbonyl (C=O) groups is 1. The zero-order valence-electron chi connectivity index (χ0n) is 15.8. The summed E-state index contributed by atoms with van der Waals surface area (Å²) in [6.45, 7) is 3.01. The Kier molecular flexibility index (Phi) is 6.49. The fraction of sp³-hybridized carbons (Fsp3) is 0.526. The van der Waals surface area contributed by atoms with Crippen LogP contribution in [0.1, 0.15) is 19.4 Å². The Balaban J connectivity index is 1.75. The molecule has 1 aromatic rings. The largest absolute Gasteiger partial charge is 0.491 e. The van der Waals surface area contributed by atoms with Crippen LogP contribution in [-0.4, -0.2) is 71.2 Å². The van der Waals surface area contributed by atoms with Gasteiger partial charge in [0.15, 0.2) is 11.6 Å². The number of nitrogens with one attached hydrogen (secondary N) is 1. The highest BCUT2D eigenvalue weighted by atomic mass is 19.1. The molecular formula is C19H23F2NO7. The highest BCUT2D eigenvalue weighted by molar-refractivity contribution is 5.97. The van der Waals surface area contributed by atoms with Crippen LogP contribution in [0.3, 0.4) is 0 Å². The van der Waals surface area contributed by atoms with E-state index in [1.165, 1.54) is 6.92 Å². The number of ether oxygens (including phenoxy) is 3. The van der Waals surface area contributed by atoms with E-state index >= 15 is 0 Å². The summed E-state index contributed by atoms with van der Waals surface area (Å²) in [4.78, 5) is 12.5. The van der Waals surface area contributed by atoms with Crippen molar-refractivity contribution in [3.63, 3.8) is 0 Å². The molecule has 8 nitrogen and oxygen atoms in total. The molecule has 29 heavy (non-hydrogen) atoms. The van der Waals surface area contributed by atoms with Gasteiger partial charge >= 0.3 is 0 Å². The number of hydrogen-bond acceptors (Lipinski definition) is 7. The molecule has 4 N–H and O–H groups in total. The molecule has 160 valence electrons. The van der Waals surface area contributed by atoms with Gasteiger partial charge in [0.25, 0.3) is 0 Å². The average molecular weight is 415 g/mol. The van der Waals surface area contributed by atoms with Crippen LogP contribution in [-0.2, 0) is 14.3 Å². The molecule has 1 aliphatic carbocycles. The molecule has 1 heterocycles. The van der Waals surface area contributed by atoms with Gasteiger partial charge in [0.2, 0.25) is 5.91 Å². The Morgan fingerprint density at radius 3 is 2.48 bits per heavy atom. The van der Waals surface area contributed by atoms with Gasteiger partial charge in [-0.1, -0.05) is 0 Å². The van der Waals surface area contributed by atoms with Gasteiger partial charge in [-0.25, -0.2) is 8.78 Å². The minimum absolute atomic E-state index is 0.00735. The lowest BCUT2D eigenvalue weighted by atomic mass is 9.83. The molecule has 0 bridgehead atoms. The standard InChI is InChI=1S/C19H23F2NO7/c1-3-27-12-6-10(20)9(5-11(12)21)4-8(2)19(26)22-13-14(23)16(25)18-17(15(13)24)28-7-29-18/h4-6,13-18,23-25H,3,7H2,1-2H3,(H,22,26)/b8-4+/t13-,14+,15-,16-,17+,18-/m1/s1. The normalized spacial score (nSPS) is 32.0. The Labute approximate surface area is 165 Å². The van der Waals surface area contributed by atoms with Crippen LogP contribution in [0.5, 0.6) is 5.75 Å². The van der Waals surface area contributed by atoms with E-state index in [0.717, 1.165) is 18.2 Å². The highest BCUT2D eigenvalue weighted by Gasteiger charge is 2.53. The zero-order chi connectivity index (χ0) is 21.3. The summed E-state index contributed by atoms with van der Waals surface area (Å²) >= 11 is 0. The molecule has 1 saturated heterocycles. The number of aliphatic hydroxyl groups is 3. The number of aliphatic hydroxyl groups excluding tert-OH is 3. The minimum Gasteiger partial charge on any atom is -0.491 e. The van der Waals surface area contributed by atoms with E-state index in [4.69, 9.17) is 14.2 Å². The van der Waals surface area contributed by atoms with Crippen molar-refractivity contribution in [2.45, 2.75) is 50.4 Å². The number of rotatable bonds is 5. The maximum Gasteiger partial charge on any atom is 0.247 e. The van der Waals surface area contributed by atoms with Gasteiger partial charge in [0.1, 0.15) is 43.1 Å². The number of benzene rings is 1. The first kappa shape index (κ1) is 21.6. The van der Waals surface area contributed by atoms with Gasteiger partial charge in [-0.05, 0) is 26.0 Å². The third-order valence-electron chi connectivity index (χ3n) is 4.98. The molecule has 10 heteroatoms. The first-order chi connectivity index (χ1) is 13.7. The summed E-state index contributed by atoms with van der Waals surface area (Å²) in [7, 11) is 0. The third-order valence-corrected chi connectivity index (χ3v) is 4.98. The summed E-state index contributed by atoms with van der Waals surface area (Å²) < 4.78 is 43.5. The highest BCUT2D eigenvalue weighted by Crippen LogP contribution is 2.30. The molecule has 2 fully saturated rings. The molecule has 2 aliphatic rings. The van der Waals surface area contributed by atoms with E-state index < -0.39 is 54.1 Å². The summed E-state index contributed by atoms with van der Waals surface area (Å²) in [6, 6.07) is 0.545. The molecule has 0 aromatic heterocycles. The fourth-order valence-corrected chi connectivity index (χ4v) is 3.44. The Bertz CT molecular complexity index is 803. The Morgan fingerprint density at radius 1 is 1.17 bits per heavy atom. The lowest BCUT2D eigenvalue weighted by molar-refractivity contribution is -0.155. The van der Waals surface area contributed by atoms with Crippen molar-refractivity contribution in [2.75, 3.05) is 13.4 Å². The van der Waals surface area contributed by atoms with Gasteiger partial charge in [0.05, 0.1) is 12.6 Å². The van der Waals surface area contributed by atoms with Gasteiger partial charge in [-0.15, -0.1) is 0 Å².